The van der Waals surface area contributed by atoms with Crippen LogP contribution >= 0.6 is 0 Å². The van der Waals surface area contributed by atoms with Crippen LogP contribution in [0.4, 0.5) is 0 Å². The lowest BCUT2D eigenvalue weighted by atomic mass is 10.1. The molecule has 1 aromatic heterocycles. The first kappa shape index (κ1) is 14.9. The fourth-order valence-electron chi connectivity index (χ4n) is 1.83. The molecule has 0 N–H and O–H groups in total. The molecule has 3 heteroatoms. The molecular formula is C15H26N2O. The van der Waals surface area contributed by atoms with Gasteiger partial charge in [-0.05, 0) is 40.0 Å². The van der Waals surface area contributed by atoms with Gasteiger partial charge >= 0.3 is 0 Å². The number of rotatable bonds is 3. The molecule has 0 amide bonds. The first-order valence-electron chi connectivity index (χ1n) is 7.04. The second-order valence-electron chi connectivity index (χ2n) is 5.38. The van der Waals surface area contributed by atoms with Crippen molar-refractivity contribution in [3.8, 4) is 5.88 Å². The van der Waals surface area contributed by atoms with Crippen LogP contribution in [0.2, 0.25) is 0 Å². The Bertz CT molecular complexity index is 379. The van der Waals surface area contributed by atoms with E-state index in [1.54, 1.807) is 6.33 Å². The Hall–Kier alpha value is -1.12. The van der Waals surface area contributed by atoms with Crippen molar-refractivity contribution >= 4 is 0 Å². The lowest BCUT2D eigenvalue weighted by Crippen LogP contribution is -2.24. The van der Waals surface area contributed by atoms with Gasteiger partial charge < -0.3 is 4.74 Å². The van der Waals surface area contributed by atoms with E-state index in [-0.39, 0.29) is 5.60 Å². The molecule has 3 nitrogen and oxygen atoms in total. The van der Waals surface area contributed by atoms with Gasteiger partial charge in [0.25, 0.3) is 0 Å². The van der Waals surface area contributed by atoms with Crippen molar-refractivity contribution in [1.29, 1.82) is 0 Å². The SMILES string of the molecule is CC.CCc1c(OC(C)(C)C)ncnc1C1CC1. The van der Waals surface area contributed by atoms with Gasteiger partial charge in [-0.2, -0.15) is 0 Å². The highest BCUT2D eigenvalue weighted by Crippen LogP contribution is 2.42. The van der Waals surface area contributed by atoms with Gasteiger partial charge in [-0.1, -0.05) is 20.8 Å². The summed E-state index contributed by atoms with van der Waals surface area (Å²) in [5.74, 6) is 1.42. The van der Waals surface area contributed by atoms with Crippen LogP contribution in [0.15, 0.2) is 6.33 Å². The second-order valence-corrected chi connectivity index (χ2v) is 5.38. The van der Waals surface area contributed by atoms with Crippen molar-refractivity contribution in [2.24, 2.45) is 0 Å². The topological polar surface area (TPSA) is 35.0 Å². The van der Waals surface area contributed by atoms with Gasteiger partial charge in [0.05, 0.1) is 5.69 Å². The smallest absolute Gasteiger partial charge is 0.220 e. The summed E-state index contributed by atoms with van der Waals surface area (Å²) in [6.45, 7) is 12.3. The molecule has 0 atom stereocenters. The average Bonchev–Trinajstić information content (AvgIpc) is 3.13. The molecule has 0 spiro atoms. The maximum absolute atomic E-state index is 5.89. The van der Waals surface area contributed by atoms with Gasteiger partial charge in [0.1, 0.15) is 11.9 Å². The highest BCUT2D eigenvalue weighted by atomic mass is 16.5. The van der Waals surface area contributed by atoms with Gasteiger partial charge in [-0.3, -0.25) is 0 Å². The summed E-state index contributed by atoms with van der Waals surface area (Å²) in [6, 6.07) is 0. The van der Waals surface area contributed by atoms with Gasteiger partial charge in [-0.25, -0.2) is 9.97 Å². The molecule has 1 saturated carbocycles. The van der Waals surface area contributed by atoms with E-state index >= 15 is 0 Å². The largest absolute Gasteiger partial charge is 0.472 e. The van der Waals surface area contributed by atoms with Crippen molar-refractivity contribution < 1.29 is 4.74 Å². The molecule has 1 aliphatic rings. The Balaban J connectivity index is 0.000000771. The van der Waals surface area contributed by atoms with E-state index in [1.165, 1.54) is 24.1 Å². The molecule has 18 heavy (non-hydrogen) atoms. The molecule has 0 saturated heterocycles. The predicted molar refractivity (Wildman–Crippen MR) is 75.1 cm³/mol. The lowest BCUT2D eigenvalue weighted by Gasteiger charge is -2.22. The Labute approximate surface area is 111 Å². The molecule has 1 heterocycles. The summed E-state index contributed by atoms with van der Waals surface area (Å²) in [5, 5.41) is 0. The molecule has 0 aromatic carbocycles. The predicted octanol–water partition coefficient (Wildman–Crippen LogP) is 4.12. The first-order chi connectivity index (χ1) is 8.51. The number of nitrogens with zero attached hydrogens (tertiary/aromatic N) is 2. The molecule has 0 bridgehead atoms. The van der Waals surface area contributed by atoms with Gasteiger partial charge in [0.15, 0.2) is 0 Å². The third-order valence-electron chi connectivity index (χ3n) is 2.66. The maximum atomic E-state index is 5.89. The summed E-state index contributed by atoms with van der Waals surface area (Å²) in [4.78, 5) is 8.68. The van der Waals surface area contributed by atoms with Crippen molar-refractivity contribution in [2.75, 3.05) is 0 Å². The number of hydrogen-bond acceptors (Lipinski definition) is 3. The van der Waals surface area contributed by atoms with Gasteiger partial charge in [0, 0.05) is 11.5 Å². The summed E-state index contributed by atoms with van der Waals surface area (Å²) >= 11 is 0. The minimum atomic E-state index is -0.195. The molecule has 2 rings (SSSR count). The van der Waals surface area contributed by atoms with E-state index in [1.807, 2.05) is 34.6 Å². The molecule has 1 aliphatic carbocycles. The van der Waals surface area contributed by atoms with Crippen LogP contribution in [0.1, 0.15) is 71.6 Å². The number of ether oxygens (including phenoxy) is 1. The van der Waals surface area contributed by atoms with Crippen LogP contribution in [0.5, 0.6) is 5.88 Å². The summed E-state index contributed by atoms with van der Waals surface area (Å²) in [5.41, 5.74) is 2.20. The number of hydrogen-bond donors (Lipinski definition) is 0. The van der Waals surface area contributed by atoms with Crippen LogP contribution in [0, 0.1) is 0 Å². The van der Waals surface area contributed by atoms with Crippen LogP contribution in [0.3, 0.4) is 0 Å². The van der Waals surface area contributed by atoms with Crippen LogP contribution in [-0.2, 0) is 6.42 Å². The molecule has 1 aromatic rings. The zero-order valence-corrected chi connectivity index (χ0v) is 12.6. The van der Waals surface area contributed by atoms with Gasteiger partial charge in [-0.15, -0.1) is 0 Å². The minimum absolute atomic E-state index is 0.195. The molecule has 102 valence electrons. The Morgan fingerprint density at radius 3 is 2.28 bits per heavy atom. The highest BCUT2D eigenvalue weighted by molar-refractivity contribution is 5.34. The Morgan fingerprint density at radius 1 is 1.22 bits per heavy atom. The fraction of sp³-hybridized carbons (Fsp3) is 0.733. The Kier molecular flexibility index (Phi) is 5.12. The van der Waals surface area contributed by atoms with E-state index in [0.29, 0.717) is 5.92 Å². The standard InChI is InChI=1S/C13H20N2O.C2H6/c1-5-10-11(9-6-7-9)14-8-15-12(10)16-13(2,3)4;1-2/h8-9H,5-7H2,1-4H3;1-2H3. The lowest BCUT2D eigenvalue weighted by molar-refractivity contribution is 0.122. The molecular weight excluding hydrogens is 224 g/mol. The number of aromatic nitrogens is 2. The first-order valence-corrected chi connectivity index (χ1v) is 7.04. The molecule has 0 radical (unpaired) electrons. The van der Waals surface area contributed by atoms with E-state index in [4.69, 9.17) is 4.74 Å². The minimum Gasteiger partial charge on any atom is -0.472 e. The molecule has 1 fully saturated rings. The third kappa shape index (κ3) is 3.97. The van der Waals surface area contributed by atoms with Gasteiger partial charge in [0.2, 0.25) is 5.88 Å². The van der Waals surface area contributed by atoms with Crippen molar-refractivity contribution in [3.05, 3.63) is 17.6 Å². The maximum Gasteiger partial charge on any atom is 0.220 e. The second kappa shape index (κ2) is 6.17. The van der Waals surface area contributed by atoms with Crippen LogP contribution in [-0.4, -0.2) is 15.6 Å². The molecule has 0 unspecified atom stereocenters. The summed E-state index contributed by atoms with van der Waals surface area (Å²) in [7, 11) is 0. The average molecular weight is 250 g/mol. The fourth-order valence-corrected chi connectivity index (χ4v) is 1.83. The van der Waals surface area contributed by atoms with Crippen LogP contribution in [0.25, 0.3) is 0 Å². The van der Waals surface area contributed by atoms with Crippen molar-refractivity contribution in [3.63, 3.8) is 0 Å². The third-order valence-corrected chi connectivity index (χ3v) is 2.66. The summed E-state index contributed by atoms with van der Waals surface area (Å²) in [6.07, 6.45) is 5.10. The van der Waals surface area contributed by atoms with E-state index < -0.39 is 0 Å². The summed E-state index contributed by atoms with van der Waals surface area (Å²) < 4.78 is 5.89. The molecule has 0 aliphatic heterocycles. The normalized spacial score (nSPS) is 14.8. The Morgan fingerprint density at radius 2 is 1.83 bits per heavy atom. The van der Waals surface area contributed by atoms with Crippen molar-refractivity contribution in [2.45, 2.75) is 72.3 Å². The quantitative estimate of drug-likeness (QED) is 0.809. The van der Waals surface area contributed by atoms with E-state index in [9.17, 15) is 0 Å². The zero-order valence-electron chi connectivity index (χ0n) is 12.6. The van der Waals surface area contributed by atoms with Crippen LogP contribution < -0.4 is 4.74 Å². The highest BCUT2D eigenvalue weighted by Gasteiger charge is 2.29. The zero-order chi connectivity index (χ0) is 13.8. The van der Waals surface area contributed by atoms with Crippen molar-refractivity contribution in [1.82, 2.24) is 9.97 Å². The van der Waals surface area contributed by atoms with E-state index in [2.05, 4.69) is 16.9 Å². The van der Waals surface area contributed by atoms with E-state index in [0.717, 1.165) is 12.3 Å². The monoisotopic (exact) mass is 250 g/mol.